The molecule has 0 saturated carbocycles. The predicted molar refractivity (Wildman–Crippen MR) is 88.1 cm³/mol. The molecule has 0 fully saturated rings. The van der Waals surface area contributed by atoms with Crippen LogP contribution in [0.5, 0.6) is 5.75 Å². The molecule has 2 amide bonds. The Kier molecular flexibility index (Phi) is 5.90. The van der Waals surface area contributed by atoms with Gasteiger partial charge in [0.25, 0.3) is 0 Å². The van der Waals surface area contributed by atoms with Crippen molar-refractivity contribution in [2.75, 3.05) is 18.5 Å². The van der Waals surface area contributed by atoms with Crippen LogP contribution in [-0.2, 0) is 0 Å². The number of hydrogen-bond donors (Lipinski definition) is 2. The molecule has 6 heteroatoms. The van der Waals surface area contributed by atoms with Gasteiger partial charge >= 0.3 is 6.03 Å². The van der Waals surface area contributed by atoms with Gasteiger partial charge in [0.2, 0.25) is 0 Å². The smallest absolute Gasteiger partial charge is 0.319 e. The van der Waals surface area contributed by atoms with Crippen molar-refractivity contribution in [3.63, 3.8) is 0 Å². The van der Waals surface area contributed by atoms with Crippen LogP contribution in [0.25, 0.3) is 0 Å². The van der Waals surface area contributed by atoms with Crippen molar-refractivity contribution in [1.82, 2.24) is 5.32 Å². The molecule has 0 aliphatic rings. The van der Waals surface area contributed by atoms with E-state index in [9.17, 15) is 4.79 Å². The van der Waals surface area contributed by atoms with Gasteiger partial charge in [-0.3, -0.25) is 0 Å². The second-order valence-electron chi connectivity index (χ2n) is 4.19. The normalized spacial score (nSPS) is 10.0. The standard InChI is InChI=1S/C15H14BrClN2O2/c16-11-1-7-14(8-2-11)21-10-9-18-15(20)19-13-5-3-12(17)4-6-13/h1-8H,9-10H2,(H2,18,19,20). The van der Waals surface area contributed by atoms with Gasteiger partial charge in [-0.1, -0.05) is 27.5 Å². The van der Waals surface area contributed by atoms with Crippen molar-refractivity contribution < 1.29 is 9.53 Å². The van der Waals surface area contributed by atoms with E-state index in [4.69, 9.17) is 16.3 Å². The number of halogens is 2. The largest absolute Gasteiger partial charge is 0.492 e. The number of rotatable bonds is 5. The lowest BCUT2D eigenvalue weighted by Crippen LogP contribution is -2.32. The monoisotopic (exact) mass is 368 g/mol. The second kappa shape index (κ2) is 7.90. The van der Waals surface area contributed by atoms with Gasteiger partial charge in [0, 0.05) is 15.2 Å². The Balaban J connectivity index is 1.67. The van der Waals surface area contributed by atoms with Gasteiger partial charge in [-0.05, 0) is 48.5 Å². The van der Waals surface area contributed by atoms with Gasteiger partial charge in [-0.25, -0.2) is 4.79 Å². The maximum Gasteiger partial charge on any atom is 0.319 e. The molecule has 2 aromatic carbocycles. The van der Waals surface area contributed by atoms with Crippen molar-refractivity contribution in [3.05, 3.63) is 58.0 Å². The summed E-state index contributed by atoms with van der Waals surface area (Å²) in [6, 6.07) is 14.1. The number of urea groups is 1. The van der Waals surface area contributed by atoms with Crippen LogP contribution in [0.2, 0.25) is 5.02 Å². The Morgan fingerprint density at radius 2 is 1.76 bits per heavy atom. The van der Waals surface area contributed by atoms with Crippen LogP contribution in [0, 0.1) is 0 Å². The van der Waals surface area contributed by atoms with E-state index in [1.54, 1.807) is 24.3 Å². The quantitative estimate of drug-likeness (QED) is 0.772. The highest BCUT2D eigenvalue weighted by atomic mass is 79.9. The SMILES string of the molecule is O=C(NCCOc1ccc(Br)cc1)Nc1ccc(Cl)cc1. The van der Waals surface area contributed by atoms with Crippen LogP contribution in [0.3, 0.4) is 0 Å². The minimum atomic E-state index is -0.281. The molecule has 2 rings (SSSR count). The van der Waals surface area contributed by atoms with E-state index >= 15 is 0 Å². The van der Waals surface area contributed by atoms with Crippen LogP contribution in [-0.4, -0.2) is 19.2 Å². The first-order valence-electron chi connectivity index (χ1n) is 6.32. The lowest BCUT2D eigenvalue weighted by Gasteiger charge is -2.09. The molecule has 2 aromatic rings. The fraction of sp³-hybridized carbons (Fsp3) is 0.133. The number of amides is 2. The molecule has 0 spiro atoms. The predicted octanol–water partition coefficient (Wildman–Crippen LogP) is 4.30. The number of nitrogens with one attached hydrogen (secondary N) is 2. The second-order valence-corrected chi connectivity index (χ2v) is 5.54. The van der Waals surface area contributed by atoms with Crippen LogP contribution >= 0.6 is 27.5 Å². The number of carbonyl (C=O) groups is 1. The van der Waals surface area contributed by atoms with Crippen molar-refractivity contribution in [3.8, 4) is 5.75 Å². The van der Waals surface area contributed by atoms with Crippen LogP contribution < -0.4 is 15.4 Å². The molecule has 0 aromatic heterocycles. The van der Waals surface area contributed by atoms with Crippen LogP contribution in [0.4, 0.5) is 10.5 Å². The average molecular weight is 370 g/mol. The molecule has 0 heterocycles. The highest BCUT2D eigenvalue weighted by Crippen LogP contribution is 2.16. The number of hydrogen-bond acceptors (Lipinski definition) is 2. The molecule has 0 bridgehead atoms. The van der Waals surface area contributed by atoms with Crippen molar-refractivity contribution in [2.45, 2.75) is 0 Å². The first kappa shape index (κ1) is 15.7. The summed E-state index contributed by atoms with van der Waals surface area (Å²) >= 11 is 9.12. The van der Waals surface area contributed by atoms with Crippen molar-refractivity contribution in [2.24, 2.45) is 0 Å². The molecule has 0 radical (unpaired) electrons. The first-order valence-corrected chi connectivity index (χ1v) is 7.49. The van der Waals surface area contributed by atoms with E-state index in [1.807, 2.05) is 24.3 Å². The summed E-state index contributed by atoms with van der Waals surface area (Å²) < 4.78 is 6.49. The number of anilines is 1. The average Bonchev–Trinajstić information content (AvgIpc) is 2.48. The fourth-order valence-electron chi connectivity index (χ4n) is 1.57. The Hall–Kier alpha value is -1.72. The molecular formula is C15H14BrClN2O2. The summed E-state index contributed by atoms with van der Waals surface area (Å²) in [4.78, 5) is 11.6. The Labute approximate surface area is 136 Å². The van der Waals surface area contributed by atoms with Crippen molar-refractivity contribution >= 4 is 39.2 Å². The lowest BCUT2D eigenvalue weighted by atomic mass is 10.3. The van der Waals surface area contributed by atoms with Gasteiger partial charge in [-0.2, -0.15) is 0 Å². The minimum absolute atomic E-state index is 0.281. The molecule has 0 saturated heterocycles. The first-order chi connectivity index (χ1) is 10.1. The van der Waals surface area contributed by atoms with E-state index in [2.05, 4.69) is 26.6 Å². The summed E-state index contributed by atoms with van der Waals surface area (Å²) in [7, 11) is 0. The van der Waals surface area contributed by atoms with Crippen molar-refractivity contribution in [1.29, 1.82) is 0 Å². The zero-order valence-corrected chi connectivity index (χ0v) is 13.4. The molecule has 4 nitrogen and oxygen atoms in total. The van der Waals surface area contributed by atoms with E-state index < -0.39 is 0 Å². The van der Waals surface area contributed by atoms with Gasteiger partial charge in [0.15, 0.2) is 0 Å². The zero-order valence-electron chi connectivity index (χ0n) is 11.1. The third-order valence-corrected chi connectivity index (χ3v) is 3.35. The number of benzene rings is 2. The summed E-state index contributed by atoms with van der Waals surface area (Å²) in [5.41, 5.74) is 0.686. The van der Waals surface area contributed by atoms with E-state index in [0.29, 0.717) is 23.9 Å². The third kappa shape index (κ3) is 5.65. The van der Waals surface area contributed by atoms with Crippen LogP contribution in [0.1, 0.15) is 0 Å². The van der Waals surface area contributed by atoms with E-state index in [0.717, 1.165) is 10.2 Å². The van der Waals surface area contributed by atoms with Gasteiger partial charge < -0.3 is 15.4 Å². The molecular weight excluding hydrogens is 356 g/mol. The Bertz CT molecular complexity index is 588. The Morgan fingerprint density at radius 3 is 2.43 bits per heavy atom. The maximum atomic E-state index is 11.6. The van der Waals surface area contributed by atoms with E-state index in [1.165, 1.54) is 0 Å². The van der Waals surface area contributed by atoms with Crippen LogP contribution in [0.15, 0.2) is 53.0 Å². The van der Waals surface area contributed by atoms with Gasteiger partial charge in [0.1, 0.15) is 12.4 Å². The lowest BCUT2D eigenvalue weighted by molar-refractivity contribution is 0.247. The molecule has 0 atom stereocenters. The molecule has 0 unspecified atom stereocenters. The van der Waals surface area contributed by atoms with Gasteiger partial charge in [-0.15, -0.1) is 0 Å². The molecule has 0 aliphatic heterocycles. The Morgan fingerprint density at radius 1 is 1.10 bits per heavy atom. The molecule has 21 heavy (non-hydrogen) atoms. The zero-order chi connectivity index (χ0) is 15.1. The maximum absolute atomic E-state index is 11.6. The summed E-state index contributed by atoms with van der Waals surface area (Å²) in [5.74, 6) is 0.762. The summed E-state index contributed by atoms with van der Waals surface area (Å²) in [6.45, 7) is 0.811. The molecule has 110 valence electrons. The van der Waals surface area contributed by atoms with Gasteiger partial charge in [0.05, 0.1) is 6.54 Å². The topological polar surface area (TPSA) is 50.4 Å². The fourth-order valence-corrected chi connectivity index (χ4v) is 1.96. The molecule has 2 N–H and O–H groups in total. The third-order valence-electron chi connectivity index (χ3n) is 2.57. The number of ether oxygens (including phenoxy) is 1. The highest BCUT2D eigenvalue weighted by Gasteiger charge is 2.01. The highest BCUT2D eigenvalue weighted by molar-refractivity contribution is 9.10. The summed E-state index contributed by atoms with van der Waals surface area (Å²) in [6.07, 6.45) is 0. The minimum Gasteiger partial charge on any atom is -0.492 e. The summed E-state index contributed by atoms with van der Waals surface area (Å²) in [5, 5.41) is 6.04. The number of carbonyl (C=O) groups excluding carboxylic acids is 1. The van der Waals surface area contributed by atoms with E-state index in [-0.39, 0.29) is 6.03 Å². The molecule has 0 aliphatic carbocycles.